The van der Waals surface area contributed by atoms with Crippen LogP contribution in [0.5, 0.6) is 11.6 Å². The van der Waals surface area contributed by atoms with Crippen molar-refractivity contribution in [1.82, 2.24) is 20.1 Å². The van der Waals surface area contributed by atoms with Gasteiger partial charge >= 0.3 is 6.09 Å². The standard InChI is InChI=1S/C30H40N4O3/c1-2-36-25-12-10-23(11-13-25)26-8-7-9-28-27(26)22-29(32-28)37-30(35)31-24-14-18-34(19-15-24)21-20-33-16-5-3-4-6-17-33/h7-13,22,24,32H,2-6,14-21H2,1H3,(H,31,35). The lowest BCUT2D eigenvalue weighted by atomic mass is 10.0. The number of amides is 1. The van der Waals surface area contributed by atoms with Crippen LogP contribution in [0.4, 0.5) is 4.79 Å². The number of benzene rings is 2. The summed E-state index contributed by atoms with van der Waals surface area (Å²) in [4.78, 5) is 21.1. The van der Waals surface area contributed by atoms with Gasteiger partial charge in [0.1, 0.15) is 5.75 Å². The van der Waals surface area contributed by atoms with E-state index in [0.717, 1.165) is 60.3 Å². The van der Waals surface area contributed by atoms with E-state index in [1.54, 1.807) is 0 Å². The molecule has 7 nitrogen and oxygen atoms in total. The predicted octanol–water partition coefficient (Wildman–Crippen LogP) is 5.66. The largest absolute Gasteiger partial charge is 0.494 e. The quantitative estimate of drug-likeness (QED) is 0.414. The third-order valence-corrected chi connectivity index (χ3v) is 7.66. The molecule has 2 fully saturated rings. The second-order valence-electron chi connectivity index (χ2n) is 10.3. The average molecular weight is 505 g/mol. The maximum atomic E-state index is 12.7. The molecular weight excluding hydrogens is 464 g/mol. The number of carbonyl (C=O) groups excluding carboxylic acids is 1. The molecule has 198 valence electrons. The van der Waals surface area contributed by atoms with Gasteiger partial charge in [0.15, 0.2) is 0 Å². The maximum absolute atomic E-state index is 12.7. The molecule has 2 N–H and O–H groups in total. The predicted molar refractivity (Wildman–Crippen MR) is 148 cm³/mol. The molecule has 3 aromatic rings. The van der Waals surface area contributed by atoms with Crippen LogP contribution in [0.3, 0.4) is 0 Å². The van der Waals surface area contributed by atoms with Gasteiger partial charge in [-0.1, -0.05) is 37.1 Å². The summed E-state index contributed by atoms with van der Waals surface area (Å²) < 4.78 is 11.2. The number of nitrogens with one attached hydrogen (secondary N) is 2. The molecule has 0 aliphatic carbocycles. The van der Waals surface area contributed by atoms with E-state index in [1.807, 2.05) is 37.3 Å². The first-order valence-corrected chi connectivity index (χ1v) is 14.0. The number of piperidine rings is 1. The van der Waals surface area contributed by atoms with Crippen LogP contribution in [0.25, 0.3) is 22.0 Å². The third kappa shape index (κ3) is 6.84. The number of aromatic amines is 1. The van der Waals surface area contributed by atoms with Crippen LogP contribution in [0, 0.1) is 0 Å². The summed E-state index contributed by atoms with van der Waals surface area (Å²) in [5.74, 6) is 1.32. The summed E-state index contributed by atoms with van der Waals surface area (Å²) in [6, 6.07) is 16.2. The van der Waals surface area contributed by atoms with Crippen molar-refractivity contribution in [3.63, 3.8) is 0 Å². The first kappa shape index (κ1) is 25.6. The fourth-order valence-electron chi connectivity index (χ4n) is 5.57. The van der Waals surface area contributed by atoms with Crippen molar-refractivity contribution < 1.29 is 14.3 Å². The number of hydrogen-bond donors (Lipinski definition) is 2. The van der Waals surface area contributed by atoms with E-state index in [9.17, 15) is 4.79 Å². The van der Waals surface area contributed by atoms with Gasteiger partial charge in [-0.15, -0.1) is 0 Å². The second-order valence-corrected chi connectivity index (χ2v) is 10.3. The van der Waals surface area contributed by atoms with Crippen LogP contribution >= 0.6 is 0 Å². The molecule has 2 aliphatic rings. The van der Waals surface area contributed by atoms with Crippen LogP contribution < -0.4 is 14.8 Å². The summed E-state index contributed by atoms with van der Waals surface area (Å²) in [7, 11) is 0. The maximum Gasteiger partial charge on any atom is 0.414 e. The molecule has 37 heavy (non-hydrogen) atoms. The van der Waals surface area contributed by atoms with Gasteiger partial charge in [-0.2, -0.15) is 0 Å². The Balaban J connectivity index is 1.12. The van der Waals surface area contributed by atoms with Crippen molar-refractivity contribution in [3.05, 3.63) is 48.5 Å². The number of hydrogen-bond acceptors (Lipinski definition) is 5. The van der Waals surface area contributed by atoms with E-state index >= 15 is 0 Å². The fourth-order valence-corrected chi connectivity index (χ4v) is 5.57. The first-order valence-electron chi connectivity index (χ1n) is 14.0. The van der Waals surface area contributed by atoms with Gasteiger partial charge in [0.25, 0.3) is 0 Å². The summed E-state index contributed by atoms with van der Waals surface area (Å²) in [5, 5.41) is 4.10. The molecule has 1 aromatic heterocycles. The summed E-state index contributed by atoms with van der Waals surface area (Å²) in [5.41, 5.74) is 3.11. The number of ether oxygens (including phenoxy) is 2. The molecule has 2 aromatic carbocycles. The summed E-state index contributed by atoms with van der Waals surface area (Å²) in [6.45, 7) is 9.47. The summed E-state index contributed by atoms with van der Waals surface area (Å²) in [6.07, 6.45) is 6.98. The van der Waals surface area contributed by atoms with E-state index in [1.165, 1.54) is 45.3 Å². The second kappa shape index (κ2) is 12.5. The summed E-state index contributed by atoms with van der Waals surface area (Å²) >= 11 is 0. The molecule has 0 atom stereocenters. The Hall–Kier alpha value is -3.03. The van der Waals surface area contributed by atoms with Crippen molar-refractivity contribution in [2.45, 2.75) is 51.5 Å². The zero-order valence-corrected chi connectivity index (χ0v) is 22.0. The van der Waals surface area contributed by atoms with Crippen LogP contribution in [0.2, 0.25) is 0 Å². The van der Waals surface area contributed by atoms with Crippen LogP contribution in [0.1, 0.15) is 45.4 Å². The van der Waals surface area contributed by atoms with Gasteiger partial charge in [-0.3, -0.25) is 0 Å². The molecule has 3 heterocycles. The Morgan fingerprint density at radius 3 is 2.35 bits per heavy atom. The number of nitrogens with zero attached hydrogens (tertiary/aromatic N) is 2. The van der Waals surface area contributed by atoms with Gasteiger partial charge in [-0.25, -0.2) is 4.79 Å². The minimum atomic E-state index is -0.391. The van der Waals surface area contributed by atoms with Gasteiger partial charge in [0.05, 0.1) is 6.61 Å². The Morgan fingerprint density at radius 2 is 1.65 bits per heavy atom. The van der Waals surface area contributed by atoms with Crippen molar-refractivity contribution >= 4 is 17.0 Å². The highest BCUT2D eigenvalue weighted by Gasteiger charge is 2.22. The smallest absolute Gasteiger partial charge is 0.414 e. The molecule has 0 spiro atoms. The monoisotopic (exact) mass is 504 g/mol. The van der Waals surface area contributed by atoms with Crippen molar-refractivity contribution in [2.24, 2.45) is 0 Å². The molecule has 7 heteroatoms. The zero-order chi connectivity index (χ0) is 25.5. The SMILES string of the molecule is CCOc1ccc(-c2cccc3[nH]c(OC(=O)NC4CCN(CCN5CCCCCC5)CC4)cc23)cc1. The van der Waals surface area contributed by atoms with Gasteiger partial charge < -0.3 is 29.6 Å². The molecule has 0 saturated carbocycles. The number of H-pyrrole nitrogens is 1. The van der Waals surface area contributed by atoms with Crippen molar-refractivity contribution in [1.29, 1.82) is 0 Å². The molecule has 0 radical (unpaired) electrons. The van der Waals surface area contributed by atoms with Gasteiger partial charge in [0.2, 0.25) is 5.88 Å². The van der Waals surface area contributed by atoms with E-state index in [4.69, 9.17) is 9.47 Å². The van der Waals surface area contributed by atoms with E-state index in [0.29, 0.717) is 12.5 Å². The molecular formula is C30H40N4O3. The Morgan fingerprint density at radius 1 is 0.946 bits per heavy atom. The minimum Gasteiger partial charge on any atom is -0.494 e. The van der Waals surface area contributed by atoms with E-state index < -0.39 is 6.09 Å². The Bertz CT molecular complexity index is 1140. The van der Waals surface area contributed by atoms with Crippen molar-refractivity contribution in [2.75, 3.05) is 45.9 Å². The van der Waals surface area contributed by atoms with Crippen LogP contribution in [-0.4, -0.2) is 72.8 Å². The highest BCUT2D eigenvalue weighted by molar-refractivity contribution is 5.96. The molecule has 0 unspecified atom stereocenters. The Labute approximate surface area is 220 Å². The van der Waals surface area contributed by atoms with Gasteiger partial charge in [-0.05, 0) is 75.0 Å². The number of aromatic nitrogens is 1. The Kier molecular flexibility index (Phi) is 8.64. The normalized spacial score (nSPS) is 18.0. The van der Waals surface area contributed by atoms with Gasteiger partial charge in [0, 0.05) is 49.2 Å². The molecule has 5 rings (SSSR count). The number of carbonyl (C=O) groups is 1. The molecule has 2 aliphatic heterocycles. The topological polar surface area (TPSA) is 69.8 Å². The lowest BCUT2D eigenvalue weighted by molar-refractivity contribution is 0.157. The zero-order valence-electron chi connectivity index (χ0n) is 22.0. The molecule has 0 bridgehead atoms. The fraction of sp³-hybridized carbons (Fsp3) is 0.500. The number of fused-ring (bicyclic) bond motifs is 1. The number of rotatable bonds is 8. The first-order chi connectivity index (χ1) is 18.2. The average Bonchev–Trinajstić information content (AvgIpc) is 3.14. The molecule has 1 amide bonds. The minimum absolute atomic E-state index is 0.158. The highest BCUT2D eigenvalue weighted by Crippen LogP contribution is 2.32. The van der Waals surface area contributed by atoms with Crippen LogP contribution in [0.15, 0.2) is 48.5 Å². The number of likely N-dealkylation sites (tertiary alicyclic amines) is 2. The van der Waals surface area contributed by atoms with Crippen molar-refractivity contribution in [3.8, 4) is 22.8 Å². The lowest BCUT2D eigenvalue weighted by Gasteiger charge is -2.33. The van der Waals surface area contributed by atoms with E-state index in [-0.39, 0.29) is 6.04 Å². The van der Waals surface area contributed by atoms with Crippen LogP contribution in [-0.2, 0) is 0 Å². The highest BCUT2D eigenvalue weighted by atomic mass is 16.6. The molecule has 2 saturated heterocycles. The van der Waals surface area contributed by atoms with E-state index in [2.05, 4.69) is 38.3 Å². The third-order valence-electron chi connectivity index (χ3n) is 7.66. The lowest BCUT2D eigenvalue weighted by Crippen LogP contribution is -2.47.